The Balaban J connectivity index is 2.27. The number of esters is 2. The van der Waals surface area contributed by atoms with Gasteiger partial charge in [0, 0.05) is 17.2 Å². The third-order valence-corrected chi connectivity index (χ3v) is 5.57. The Hall–Kier alpha value is -3.46. The first-order valence-electron chi connectivity index (χ1n) is 9.75. The van der Waals surface area contributed by atoms with Crippen LogP contribution in [0.1, 0.15) is 44.2 Å². The van der Waals surface area contributed by atoms with Gasteiger partial charge in [0.2, 0.25) is 0 Å². The van der Waals surface area contributed by atoms with Crippen molar-refractivity contribution in [2.45, 2.75) is 39.3 Å². The molecule has 0 saturated heterocycles. The fraction of sp³-hybridized carbons (Fsp3) is 0.318. The Morgan fingerprint density at radius 1 is 1.19 bits per heavy atom. The first kappa shape index (κ1) is 23.2. The maximum atomic E-state index is 13.4. The highest BCUT2D eigenvalue weighted by molar-refractivity contribution is 6.30. The minimum absolute atomic E-state index is 0.0672. The summed E-state index contributed by atoms with van der Waals surface area (Å²) in [7, 11) is 0. The second-order valence-corrected chi connectivity index (χ2v) is 7.57. The van der Waals surface area contributed by atoms with Crippen LogP contribution >= 0.6 is 11.6 Å². The Morgan fingerprint density at radius 3 is 2.41 bits per heavy atom. The van der Waals surface area contributed by atoms with Gasteiger partial charge in [-0.1, -0.05) is 25.4 Å². The number of benzene rings is 1. The van der Waals surface area contributed by atoms with Crippen LogP contribution < -0.4 is 10.6 Å². The van der Waals surface area contributed by atoms with Gasteiger partial charge < -0.3 is 19.0 Å². The summed E-state index contributed by atoms with van der Waals surface area (Å²) in [6, 6.07) is 7.08. The lowest BCUT2D eigenvalue weighted by Gasteiger charge is -2.29. The molecule has 1 aromatic heterocycles. The normalized spacial score (nSPS) is 17.3. The summed E-state index contributed by atoms with van der Waals surface area (Å²) in [5.41, 5.74) is -4.31. The number of hydrogen-bond acceptors (Lipinski definition) is 8. The van der Waals surface area contributed by atoms with E-state index < -0.39 is 40.6 Å². The third kappa shape index (κ3) is 3.69. The predicted octanol–water partition coefficient (Wildman–Crippen LogP) is 2.25. The van der Waals surface area contributed by atoms with E-state index in [9.17, 15) is 24.3 Å². The largest absolute Gasteiger partial charge is 0.480 e. The number of rotatable bonds is 8. The molecule has 1 aliphatic heterocycles. The zero-order valence-corrected chi connectivity index (χ0v) is 18.3. The van der Waals surface area contributed by atoms with Crippen molar-refractivity contribution in [2.24, 2.45) is 10.4 Å². The van der Waals surface area contributed by atoms with Crippen LogP contribution in [0.4, 0.5) is 0 Å². The Kier molecular flexibility index (Phi) is 6.23. The maximum absolute atomic E-state index is 13.4. The average molecular weight is 462 g/mol. The van der Waals surface area contributed by atoms with Crippen molar-refractivity contribution in [3.05, 3.63) is 58.0 Å². The van der Waals surface area contributed by atoms with Crippen molar-refractivity contribution >= 4 is 41.1 Å². The van der Waals surface area contributed by atoms with Crippen molar-refractivity contribution in [3.8, 4) is 0 Å². The van der Waals surface area contributed by atoms with Gasteiger partial charge in [-0.15, -0.1) is 0 Å². The summed E-state index contributed by atoms with van der Waals surface area (Å²) in [4.78, 5) is 54.7. The molecule has 1 N–H and O–H groups in total. The summed E-state index contributed by atoms with van der Waals surface area (Å²) < 4.78 is 16.0. The molecule has 0 saturated carbocycles. The molecule has 2 aromatic rings. The fourth-order valence-electron chi connectivity index (χ4n) is 3.49. The number of hydrogen-bond donors (Lipinski definition) is 1. The molecule has 0 radical (unpaired) electrons. The molecule has 0 aliphatic carbocycles. The molecule has 9 nitrogen and oxygen atoms in total. The van der Waals surface area contributed by atoms with E-state index in [1.54, 1.807) is 0 Å². The van der Waals surface area contributed by atoms with Crippen LogP contribution in [0.2, 0.25) is 5.02 Å². The van der Waals surface area contributed by atoms with Gasteiger partial charge >= 0.3 is 23.6 Å². The number of ether oxygens (including phenoxy) is 2. The predicted molar refractivity (Wildman–Crippen MR) is 110 cm³/mol. The van der Waals surface area contributed by atoms with Crippen LogP contribution in [0.15, 0.2) is 46.0 Å². The smallest absolute Gasteiger partial charge is 0.330 e. The lowest BCUT2D eigenvalue weighted by molar-refractivity contribution is -0.167. The van der Waals surface area contributed by atoms with Gasteiger partial charge in [0.15, 0.2) is 16.9 Å². The molecule has 0 bridgehead atoms. The molecule has 3 rings (SSSR count). The minimum atomic E-state index is -2.43. The van der Waals surface area contributed by atoms with Gasteiger partial charge in [-0.2, -0.15) is 0 Å². The summed E-state index contributed by atoms with van der Waals surface area (Å²) >= 11 is 6.05. The third-order valence-electron chi connectivity index (χ3n) is 5.34. The number of carboxylic acids is 1. The van der Waals surface area contributed by atoms with Crippen LogP contribution in [0.3, 0.4) is 0 Å². The summed E-state index contributed by atoms with van der Waals surface area (Å²) in [6.45, 7) is 4.12. The lowest BCUT2D eigenvalue weighted by atomic mass is 9.82. The Labute approximate surface area is 187 Å². The molecular formula is C22H20ClNO8. The average Bonchev–Trinajstić information content (AvgIpc) is 3.35. The SMILES string of the molecule is CCC(CC)(C(=O)O)C(=O)OC1=c2ccc(Cl)cc2=NC1(OC(C)=O)C(=O)c1ccco1. The highest BCUT2D eigenvalue weighted by Gasteiger charge is 2.55. The zero-order chi connectivity index (χ0) is 23.7. The summed E-state index contributed by atoms with van der Waals surface area (Å²) in [6.07, 6.45) is 1.10. The molecule has 10 heteroatoms. The highest BCUT2D eigenvalue weighted by Crippen LogP contribution is 2.36. The zero-order valence-electron chi connectivity index (χ0n) is 17.5. The van der Waals surface area contributed by atoms with E-state index >= 15 is 0 Å². The summed E-state index contributed by atoms with van der Waals surface area (Å²) in [5.74, 6) is -4.95. The van der Waals surface area contributed by atoms with Crippen molar-refractivity contribution < 1.29 is 38.2 Å². The molecule has 1 unspecified atom stereocenters. The molecular weight excluding hydrogens is 442 g/mol. The molecule has 1 aromatic carbocycles. The minimum Gasteiger partial charge on any atom is -0.480 e. The fourth-order valence-corrected chi connectivity index (χ4v) is 3.65. The number of furan rings is 1. The van der Waals surface area contributed by atoms with Crippen LogP contribution in [0, 0.1) is 5.41 Å². The topological polar surface area (TPSA) is 132 Å². The molecule has 0 spiro atoms. The van der Waals surface area contributed by atoms with Crippen molar-refractivity contribution in [3.63, 3.8) is 0 Å². The number of carbonyl (C=O) groups excluding carboxylic acids is 3. The van der Waals surface area contributed by atoms with Gasteiger partial charge in [-0.3, -0.25) is 19.2 Å². The van der Waals surface area contributed by atoms with Crippen molar-refractivity contribution in [1.29, 1.82) is 0 Å². The van der Waals surface area contributed by atoms with Gasteiger partial charge in [-0.25, -0.2) is 4.99 Å². The summed E-state index contributed by atoms with van der Waals surface area (Å²) in [5, 5.41) is 10.3. The van der Waals surface area contributed by atoms with E-state index in [2.05, 4.69) is 4.99 Å². The van der Waals surface area contributed by atoms with Crippen molar-refractivity contribution in [2.75, 3.05) is 0 Å². The number of carboxylic acid groups (broad SMARTS) is 1. The van der Waals surface area contributed by atoms with Crippen molar-refractivity contribution in [1.82, 2.24) is 0 Å². The second-order valence-electron chi connectivity index (χ2n) is 7.13. The van der Waals surface area contributed by atoms with E-state index in [0.717, 1.165) is 6.92 Å². The number of carbonyl (C=O) groups is 4. The van der Waals surface area contributed by atoms with Crippen LogP contribution in [0.5, 0.6) is 0 Å². The number of fused-ring (bicyclic) bond motifs is 1. The first-order chi connectivity index (χ1) is 15.1. The van der Waals surface area contributed by atoms with E-state index in [4.69, 9.17) is 25.5 Å². The number of aliphatic carboxylic acids is 1. The second kappa shape index (κ2) is 8.58. The standard InChI is InChI=1S/C22H20ClNO8/c1-4-21(5-2,19(27)28)20(29)31-18-14-9-8-13(23)11-15(14)24-22(18,32-12(3)25)17(26)16-7-6-10-30-16/h6-11H,4-5H2,1-3H3,(H,27,28). The van der Waals surface area contributed by atoms with Gasteiger partial charge in [0.05, 0.1) is 11.6 Å². The van der Waals surface area contributed by atoms with Gasteiger partial charge in [-0.05, 0) is 43.2 Å². The molecule has 1 aliphatic rings. The Morgan fingerprint density at radius 2 is 1.88 bits per heavy atom. The monoisotopic (exact) mass is 461 g/mol. The quantitative estimate of drug-likeness (QED) is 0.359. The number of ketones is 1. The van der Waals surface area contributed by atoms with E-state index in [1.807, 2.05) is 0 Å². The van der Waals surface area contributed by atoms with Crippen LogP contribution in [0.25, 0.3) is 5.76 Å². The van der Waals surface area contributed by atoms with E-state index in [-0.39, 0.29) is 34.2 Å². The highest BCUT2D eigenvalue weighted by atomic mass is 35.5. The maximum Gasteiger partial charge on any atom is 0.330 e. The molecule has 0 fully saturated rings. The Bertz CT molecular complexity index is 1210. The lowest BCUT2D eigenvalue weighted by Crippen LogP contribution is -2.46. The van der Waals surface area contributed by atoms with E-state index in [0.29, 0.717) is 0 Å². The number of nitrogens with zero attached hydrogens (tertiary/aromatic N) is 1. The molecule has 0 amide bonds. The first-order valence-corrected chi connectivity index (χ1v) is 10.1. The van der Waals surface area contributed by atoms with Crippen LogP contribution in [-0.2, 0) is 23.9 Å². The molecule has 2 heterocycles. The number of Topliss-reactive ketones (excluding diaryl/α,β-unsaturated/α-hetero) is 1. The number of halogens is 1. The molecule has 168 valence electrons. The molecule has 32 heavy (non-hydrogen) atoms. The van der Waals surface area contributed by atoms with Gasteiger partial charge in [0.25, 0.3) is 5.78 Å². The van der Waals surface area contributed by atoms with E-state index in [1.165, 1.54) is 50.4 Å². The van der Waals surface area contributed by atoms with Crippen LogP contribution in [-0.4, -0.2) is 34.5 Å². The molecule has 1 atom stereocenters. The van der Waals surface area contributed by atoms with Gasteiger partial charge in [0.1, 0.15) is 0 Å².